The van der Waals surface area contributed by atoms with Crippen molar-refractivity contribution in [3.63, 3.8) is 0 Å². The maximum Gasteiger partial charge on any atom is 0.417 e. The summed E-state index contributed by atoms with van der Waals surface area (Å²) in [5.74, 6) is 0.995. The van der Waals surface area contributed by atoms with Gasteiger partial charge in [0.2, 0.25) is 11.8 Å². The van der Waals surface area contributed by atoms with Crippen molar-refractivity contribution in [2.24, 2.45) is 0 Å². The number of hydrogen-bond acceptors (Lipinski definition) is 11. The summed E-state index contributed by atoms with van der Waals surface area (Å²) in [6.45, 7) is 1.73. The quantitative estimate of drug-likeness (QED) is 0.234. The van der Waals surface area contributed by atoms with E-state index in [1.54, 1.807) is 12.1 Å². The third-order valence-electron chi connectivity index (χ3n) is 6.51. The van der Waals surface area contributed by atoms with Crippen molar-refractivity contribution >= 4 is 44.4 Å². The molecule has 6 rings (SSSR count). The van der Waals surface area contributed by atoms with Gasteiger partial charge in [-0.05, 0) is 36.8 Å². The summed E-state index contributed by atoms with van der Waals surface area (Å²) in [6, 6.07) is 8.13. The van der Waals surface area contributed by atoms with Crippen LogP contribution in [0.25, 0.3) is 31.8 Å². The first-order valence-electron chi connectivity index (χ1n) is 12.6. The molecule has 0 radical (unpaired) electrons. The summed E-state index contributed by atoms with van der Waals surface area (Å²) in [7, 11) is 4.48. The zero-order chi connectivity index (χ0) is 29.5. The predicted octanol–water partition coefficient (Wildman–Crippen LogP) is 5.94. The minimum atomic E-state index is -2.86. The number of hydrogen-bond donors (Lipinski definition) is 0. The second-order valence-electron chi connectivity index (χ2n) is 9.24. The zero-order valence-corrected chi connectivity index (χ0v) is 23.6. The van der Waals surface area contributed by atoms with Crippen LogP contribution in [0.3, 0.4) is 0 Å². The van der Waals surface area contributed by atoms with Crippen LogP contribution in [0.2, 0.25) is 0 Å². The van der Waals surface area contributed by atoms with Crippen molar-refractivity contribution in [2.45, 2.75) is 19.6 Å². The van der Waals surface area contributed by atoms with Crippen molar-refractivity contribution < 1.29 is 37.3 Å². The highest BCUT2D eigenvalue weighted by Crippen LogP contribution is 2.48. The normalized spacial score (nSPS) is 14.3. The Hall–Kier alpha value is -4.85. The second kappa shape index (κ2) is 10.9. The van der Waals surface area contributed by atoms with Gasteiger partial charge in [-0.15, -0.1) is 11.3 Å². The molecular formula is C28H23F2N5O6S. The van der Waals surface area contributed by atoms with Crippen molar-refractivity contribution in [3.05, 3.63) is 53.9 Å². The minimum Gasteiger partial charge on any atom is -0.481 e. The Morgan fingerprint density at radius 1 is 1.07 bits per heavy atom. The summed E-state index contributed by atoms with van der Waals surface area (Å²) < 4.78 is 56.3. The number of pyridine rings is 1. The number of carbonyl (C=O) groups excluding carboxylic acids is 1. The van der Waals surface area contributed by atoms with Crippen LogP contribution in [0.15, 0.2) is 42.7 Å². The molecule has 42 heavy (non-hydrogen) atoms. The molecule has 1 aliphatic heterocycles. The van der Waals surface area contributed by atoms with Crippen LogP contribution in [0.5, 0.6) is 23.3 Å². The van der Waals surface area contributed by atoms with Gasteiger partial charge in [-0.2, -0.15) is 0 Å². The molecule has 14 heteroatoms. The van der Waals surface area contributed by atoms with Crippen molar-refractivity contribution in [2.75, 3.05) is 32.8 Å². The molecular weight excluding hydrogens is 572 g/mol. The van der Waals surface area contributed by atoms with E-state index in [1.165, 1.54) is 56.0 Å². The lowest BCUT2D eigenvalue weighted by molar-refractivity contribution is -0.0719. The largest absolute Gasteiger partial charge is 0.481 e. The number of methoxy groups -OCH3 is 2. The molecule has 0 aliphatic carbocycles. The van der Waals surface area contributed by atoms with Gasteiger partial charge >= 0.3 is 6.09 Å². The Balaban J connectivity index is 1.33. The van der Waals surface area contributed by atoms with E-state index in [2.05, 4.69) is 19.9 Å². The van der Waals surface area contributed by atoms with Crippen molar-refractivity contribution in [1.82, 2.24) is 19.9 Å². The van der Waals surface area contributed by atoms with Gasteiger partial charge in [0.1, 0.15) is 9.71 Å². The number of rotatable bonds is 6. The lowest BCUT2D eigenvalue weighted by Crippen LogP contribution is -2.38. The lowest BCUT2D eigenvalue weighted by Gasteiger charge is -2.28. The summed E-state index contributed by atoms with van der Waals surface area (Å²) in [4.78, 5) is 31.6. The molecule has 0 saturated carbocycles. The van der Waals surface area contributed by atoms with Gasteiger partial charge in [0.05, 0.1) is 48.9 Å². The van der Waals surface area contributed by atoms with Gasteiger partial charge in [-0.1, -0.05) is 0 Å². The molecule has 11 nitrogen and oxygen atoms in total. The number of thiazole rings is 1. The third kappa shape index (κ3) is 4.93. The average Bonchev–Trinajstić information content (AvgIpc) is 3.44. The molecule has 0 unspecified atom stereocenters. The molecule has 2 aromatic carbocycles. The molecule has 1 amide bonds. The lowest BCUT2D eigenvalue weighted by atomic mass is 10.1. The highest BCUT2D eigenvalue weighted by molar-refractivity contribution is 7.22. The topological polar surface area (TPSA) is 118 Å². The maximum absolute atomic E-state index is 14.3. The van der Waals surface area contributed by atoms with Crippen molar-refractivity contribution in [1.29, 1.82) is 0 Å². The highest BCUT2D eigenvalue weighted by atomic mass is 32.1. The number of ether oxygens (including phenoxy) is 5. The number of benzene rings is 2. The number of aryl methyl sites for hydroxylation is 1. The van der Waals surface area contributed by atoms with E-state index in [4.69, 9.17) is 23.7 Å². The van der Waals surface area contributed by atoms with Crippen LogP contribution in [0.4, 0.5) is 19.3 Å². The van der Waals surface area contributed by atoms with Crippen molar-refractivity contribution in [3.8, 4) is 33.8 Å². The Kier molecular flexibility index (Phi) is 7.06. The van der Waals surface area contributed by atoms with Crippen LogP contribution >= 0.6 is 11.3 Å². The minimum absolute atomic E-state index is 0.0180. The van der Waals surface area contributed by atoms with E-state index in [0.29, 0.717) is 43.8 Å². The van der Waals surface area contributed by atoms with Crippen LogP contribution in [0.1, 0.15) is 17.6 Å². The fourth-order valence-corrected chi connectivity index (χ4v) is 5.55. The van der Waals surface area contributed by atoms with E-state index in [-0.39, 0.29) is 29.2 Å². The first kappa shape index (κ1) is 27.3. The summed E-state index contributed by atoms with van der Waals surface area (Å²) >= 11 is 1.17. The molecule has 0 saturated heterocycles. The first-order valence-corrected chi connectivity index (χ1v) is 13.4. The number of halogens is 2. The molecule has 0 N–H and O–H groups in total. The SMILES string of the molecule is COc1ccc(N(C)C(=O)O[C@@H]2COc3c(cc(C(F)F)c4nc(-c5cc(C)cc6nc(OC)cnc56)sc34)O2)cn1. The smallest absolute Gasteiger partial charge is 0.417 e. The zero-order valence-electron chi connectivity index (χ0n) is 22.8. The predicted molar refractivity (Wildman–Crippen MR) is 150 cm³/mol. The van der Waals surface area contributed by atoms with Gasteiger partial charge < -0.3 is 23.7 Å². The summed E-state index contributed by atoms with van der Waals surface area (Å²) in [5.41, 5.74) is 2.85. The van der Waals surface area contributed by atoms with Gasteiger partial charge in [0, 0.05) is 24.2 Å². The number of amides is 1. The molecule has 0 bridgehead atoms. The number of alkyl halides is 2. The Bertz CT molecular complexity index is 1820. The van der Waals surface area contributed by atoms with Crippen LogP contribution in [0, 0.1) is 6.92 Å². The standard InChI is InChI=1S/C28H23F2N5O6S/c1-13-7-16(22-17(8-13)33-20(38-4)11-32-22)27-34-23-15(26(29)30)9-18-24(25(23)42-27)39-12-21(40-18)41-28(36)35(2)14-5-6-19(37-3)31-10-14/h5-11,21,26H,12H2,1-4H3/t21-/m1/s1. The van der Waals surface area contributed by atoms with Gasteiger partial charge in [0.15, 0.2) is 18.1 Å². The molecule has 216 valence electrons. The molecule has 0 spiro atoms. The third-order valence-corrected chi connectivity index (χ3v) is 7.59. The molecule has 0 fully saturated rings. The van der Waals surface area contributed by atoms with Gasteiger partial charge in [-0.25, -0.2) is 33.5 Å². The van der Waals surface area contributed by atoms with Gasteiger partial charge in [-0.3, -0.25) is 4.90 Å². The first-order chi connectivity index (χ1) is 20.2. The Morgan fingerprint density at radius 3 is 2.60 bits per heavy atom. The van der Waals surface area contributed by atoms with Crippen LogP contribution in [-0.2, 0) is 4.74 Å². The fourth-order valence-electron chi connectivity index (χ4n) is 4.45. The number of fused-ring (bicyclic) bond motifs is 4. The van der Waals surface area contributed by atoms with Gasteiger partial charge in [0.25, 0.3) is 12.7 Å². The van der Waals surface area contributed by atoms with Crippen LogP contribution < -0.4 is 23.8 Å². The van der Waals surface area contributed by atoms with E-state index < -0.39 is 18.8 Å². The molecule has 1 aliphatic rings. The Morgan fingerprint density at radius 2 is 1.88 bits per heavy atom. The molecule has 5 aromatic rings. The molecule has 3 aromatic heterocycles. The number of aromatic nitrogens is 4. The maximum atomic E-state index is 14.3. The number of nitrogens with zero attached hydrogens (tertiary/aromatic N) is 5. The monoisotopic (exact) mass is 595 g/mol. The fraction of sp³-hybridized carbons (Fsp3) is 0.250. The van der Waals surface area contributed by atoms with Crippen LogP contribution in [-0.4, -0.2) is 60.2 Å². The summed E-state index contributed by atoms with van der Waals surface area (Å²) in [5, 5.41) is 0.459. The van der Waals surface area contributed by atoms with E-state index in [1.807, 2.05) is 19.1 Å². The summed E-state index contributed by atoms with van der Waals surface area (Å²) in [6.07, 6.45) is -1.85. The molecule has 1 atom stereocenters. The molecule has 4 heterocycles. The number of anilines is 1. The highest BCUT2D eigenvalue weighted by Gasteiger charge is 2.32. The van der Waals surface area contributed by atoms with E-state index in [0.717, 1.165) is 5.56 Å². The van der Waals surface area contributed by atoms with E-state index >= 15 is 0 Å². The Labute approximate surface area is 241 Å². The average molecular weight is 596 g/mol. The second-order valence-corrected chi connectivity index (χ2v) is 10.2. The van der Waals surface area contributed by atoms with E-state index in [9.17, 15) is 13.6 Å². The number of carbonyl (C=O) groups is 1.